The number of carbonyl (C=O) groups is 1. The molecule has 0 spiro atoms. The molecule has 0 amide bonds. The number of carbonyl (C=O) groups excluding carboxylic acids is 1. The average Bonchev–Trinajstić information content (AvgIpc) is 2.25. The van der Waals surface area contributed by atoms with Gasteiger partial charge in [-0.05, 0) is 17.3 Å². The van der Waals surface area contributed by atoms with Gasteiger partial charge in [0.1, 0.15) is 12.0 Å². The highest BCUT2D eigenvalue weighted by atomic mass is 32.2. The van der Waals surface area contributed by atoms with Gasteiger partial charge in [-0.2, -0.15) is 5.26 Å². The molecule has 0 aliphatic carbocycles. The largest absolute Gasteiger partial charge is 0.464 e. The first-order valence-electron chi connectivity index (χ1n) is 4.47. The van der Waals surface area contributed by atoms with Gasteiger partial charge in [0, 0.05) is 6.92 Å². The summed E-state index contributed by atoms with van der Waals surface area (Å²) in [4.78, 5) is 10.7. The van der Waals surface area contributed by atoms with Crippen molar-refractivity contribution in [1.82, 2.24) is 0 Å². The molecule has 0 saturated carbocycles. The number of nitrogens with zero attached hydrogens (tertiary/aromatic N) is 1. The summed E-state index contributed by atoms with van der Waals surface area (Å²) >= 11 is 1.10. The van der Waals surface area contributed by atoms with Gasteiger partial charge in [-0.25, -0.2) is 0 Å². The van der Waals surface area contributed by atoms with Gasteiger partial charge in [0.25, 0.3) is 0 Å². The molecule has 1 aromatic rings. The van der Waals surface area contributed by atoms with Crippen LogP contribution in [-0.4, -0.2) is 12.6 Å². The van der Waals surface area contributed by atoms with Gasteiger partial charge in [0.15, 0.2) is 0 Å². The molecule has 0 aliphatic heterocycles. The number of hydrogen-bond acceptors (Lipinski definition) is 4. The fourth-order valence-corrected chi connectivity index (χ4v) is 1.68. The number of thioether (sulfide) groups is 1. The van der Waals surface area contributed by atoms with E-state index in [1.165, 1.54) is 6.92 Å². The third-order valence-electron chi connectivity index (χ3n) is 1.80. The molecule has 0 heterocycles. The summed E-state index contributed by atoms with van der Waals surface area (Å²) in [5.74, 6) is -0.325. The Balaban J connectivity index is 2.66. The molecule has 0 aromatic heterocycles. The minimum Gasteiger partial charge on any atom is -0.464 e. The maximum Gasteiger partial charge on any atom is 0.302 e. The normalized spacial score (nSPS) is 11.5. The molecular formula is C11H11NO2S. The number of hydrogen-bond donors (Lipinski definition) is 0. The molecule has 0 saturated heterocycles. The molecule has 4 heteroatoms. The Labute approximate surface area is 93.0 Å². The van der Waals surface area contributed by atoms with Gasteiger partial charge in [-0.3, -0.25) is 4.79 Å². The summed E-state index contributed by atoms with van der Waals surface area (Å²) in [5.41, 5.74) is 0.991. The first-order chi connectivity index (χ1) is 7.24. The van der Waals surface area contributed by atoms with Gasteiger partial charge < -0.3 is 4.74 Å². The summed E-state index contributed by atoms with van der Waals surface area (Å²) in [6.45, 7) is 1.59. The van der Waals surface area contributed by atoms with E-state index in [1.807, 2.05) is 35.7 Å². The highest BCUT2D eigenvalue weighted by Gasteiger charge is 2.13. The van der Waals surface area contributed by atoms with Crippen LogP contribution in [0.4, 0.5) is 0 Å². The van der Waals surface area contributed by atoms with Crippen LogP contribution in [0.15, 0.2) is 30.3 Å². The molecule has 78 valence electrons. The second-order valence-corrected chi connectivity index (χ2v) is 3.90. The quantitative estimate of drug-likeness (QED) is 0.579. The van der Waals surface area contributed by atoms with Crippen molar-refractivity contribution in [2.75, 3.05) is 6.61 Å². The highest BCUT2D eigenvalue weighted by Crippen LogP contribution is 2.27. The zero-order chi connectivity index (χ0) is 11.1. The summed E-state index contributed by atoms with van der Waals surface area (Å²) < 4.78 is 4.90. The third kappa shape index (κ3) is 4.05. The smallest absolute Gasteiger partial charge is 0.302 e. The number of esters is 1. The second kappa shape index (κ2) is 6.10. The van der Waals surface area contributed by atoms with E-state index >= 15 is 0 Å². The lowest BCUT2D eigenvalue weighted by Gasteiger charge is -2.12. The maximum atomic E-state index is 10.7. The van der Waals surface area contributed by atoms with E-state index in [0.29, 0.717) is 0 Å². The van der Waals surface area contributed by atoms with Crippen LogP contribution in [0.2, 0.25) is 0 Å². The molecule has 0 N–H and O–H groups in total. The molecule has 1 unspecified atom stereocenters. The number of thiocyanates is 1. The fraction of sp³-hybridized carbons (Fsp3) is 0.273. The zero-order valence-corrected chi connectivity index (χ0v) is 9.16. The Morgan fingerprint density at radius 3 is 2.73 bits per heavy atom. The maximum absolute atomic E-state index is 10.7. The lowest BCUT2D eigenvalue weighted by Crippen LogP contribution is -2.07. The van der Waals surface area contributed by atoms with Crippen molar-refractivity contribution in [3.05, 3.63) is 35.9 Å². The van der Waals surface area contributed by atoms with E-state index in [2.05, 4.69) is 0 Å². The van der Waals surface area contributed by atoms with E-state index < -0.39 is 0 Å². The Morgan fingerprint density at radius 2 is 2.20 bits per heavy atom. The standard InChI is InChI=1S/C11H11NO2S/c1-9(13)14-7-11(15-8-12)10-5-3-2-4-6-10/h2-6,11H,7H2,1H3. The van der Waals surface area contributed by atoms with Crippen molar-refractivity contribution in [3.63, 3.8) is 0 Å². The van der Waals surface area contributed by atoms with Crippen molar-refractivity contribution >= 4 is 17.7 Å². The SMILES string of the molecule is CC(=O)OCC(SC#N)c1ccccc1. The van der Waals surface area contributed by atoms with E-state index in [4.69, 9.17) is 10.00 Å². The van der Waals surface area contributed by atoms with Crippen molar-refractivity contribution in [3.8, 4) is 5.40 Å². The van der Waals surface area contributed by atoms with Crippen molar-refractivity contribution in [2.45, 2.75) is 12.2 Å². The van der Waals surface area contributed by atoms with Gasteiger partial charge in [-0.15, -0.1) is 0 Å². The minimum atomic E-state index is -0.325. The van der Waals surface area contributed by atoms with Crippen LogP contribution in [0.5, 0.6) is 0 Å². The second-order valence-electron chi connectivity index (χ2n) is 2.91. The van der Waals surface area contributed by atoms with Crippen molar-refractivity contribution in [2.24, 2.45) is 0 Å². The molecular weight excluding hydrogens is 210 g/mol. The van der Waals surface area contributed by atoms with Crippen LogP contribution in [0.25, 0.3) is 0 Å². The van der Waals surface area contributed by atoms with E-state index in [9.17, 15) is 4.79 Å². The average molecular weight is 221 g/mol. The molecule has 1 aromatic carbocycles. The lowest BCUT2D eigenvalue weighted by molar-refractivity contribution is -0.140. The Kier molecular flexibility index (Phi) is 4.72. The Hall–Kier alpha value is -1.47. The van der Waals surface area contributed by atoms with Crippen LogP contribution in [-0.2, 0) is 9.53 Å². The topological polar surface area (TPSA) is 50.1 Å². The number of rotatable bonds is 4. The molecule has 0 bridgehead atoms. The predicted molar refractivity (Wildman–Crippen MR) is 59.0 cm³/mol. The number of benzene rings is 1. The number of nitriles is 1. The monoisotopic (exact) mass is 221 g/mol. The van der Waals surface area contributed by atoms with Gasteiger partial charge >= 0.3 is 5.97 Å². The zero-order valence-electron chi connectivity index (χ0n) is 8.34. The van der Waals surface area contributed by atoms with Crippen LogP contribution in [0.3, 0.4) is 0 Å². The van der Waals surface area contributed by atoms with Crippen molar-refractivity contribution in [1.29, 1.82) is 5.26 Å². The van der Waals surface area contributed by atoms with E-state index in [1.54, 1.807) is 0 Å². The first-order valence-corrected chi connectivity index (χ1v) is 5.35. The molecule has 15 heavy (non-hydrogen) atoms. The molecule has 1 rings (SSSR count). The summed E-state index contributed by atoms with van der Waals surface area (Å²) in [6.07, 6.45) is 0. The van der Waals surface area contributed by atoms with Gasteiger partial charge in [-0.1, -0.05) is 30.3 Å². The third-order valence-corrected chi connectivity index (χ3v) is 2.60. The summed E-state index contributed by atoms with van der Waals surface area (Å²) in [6, 6.07) is 9.53. The first kappa shape index (κ1) is 11.6. The van der Waals surface area contributed by atoms with Gasteiger partial charge in [0.05, 0.1) is 5.25 Å². The molecule has 0 aliphatic rings. The fourth-order valence-electron chi connectivity index (χ4n) is 1.12. The Bertz CT molecular complexity index is 359. The Morgan fingerprint density at radius 1 is 1.53 bits per heavy atom. The number of ether oxygens (including phenoxy) is 1. The summed E-state index contributed by atoms with van der Waals surface area (Å²) in [5, 5.41) is 10.5. The van der Waals surface area contributed by atoms with E-state index in [-0.39, 0.29) is 17.8 Å². The van der Waals surface area contributed by atoms with Gasteiger partial charge in [0.2, 0.25) is 0 Å². The van der Waals surface area contributed by atoms with E-state index in [0.717, 1.165) is 17.3 Å². The molecule has 0 radical (unpaired) electrons. The van der Waals surface area contributed by atoms with Crippen LogP contribution < -0.4 is 0 Å². The highest BCUT2D eigenvalue weighted by molar-refractivity contribution is 8.03. The summed E-state index contributed by atoms with van der Waals surface area (Å²) in [7, 11) is 0. The van der Waals surface area contributed by atoms with Crippen LogP contribution >= 0.6 is 11.8 Å². The predicted octanol–water partition coefficient (Wildman–Crippen LogP) is 2.51. The lowest BCUT2D eigenvalue weighted by atomic mass is 10.1. The molecule has 3 nitrogen and oxygen atoms in total. The van der Waals surface area contributed by atoms with Crippen LogP contribution in [0.1, 0.15) is 17.7 Å². The minimum absolute atomic E-state index is 0.111. The van der Waals surface area contributed by atoms with Crippen LogP contribution in [0, 0.1) is 10.7 Å². The molecule has 1 atom stereocenters. The molecule has 0 fully saturated rings. The van der Waals surface area contributed by atoms with Crippen molar-refractivity contribution < 1.29 is 9.53 Å².